The molecule has 0 spiro atoms. The van der Waals surface area contributed by atoms with Crippen molar-refractivity contribution in [2.45, 2.75) is 32.0 Å². The number of nitrogens with one attached hydrogen (secondary N) is 2. The molecular weight excluding hydrogens is 397 g/mol. The Morgan fingerprint density at radius 1 is 1.00 bits per heavy atom. The number of benzene rings is 2. The van der Waals surface area contributed by atoms with Crippen molar-refractivity contribution in [1.29, 1.82) is 0 Å². The normalized spacial score (nSPS) is 14.6. The average molecular weight is 424 g/mol. The van der Waals surface area contributed by atoms with Crippen molar-refractivity contribution in [3.63, 3.8) is 0 Å². The van der Waals surface area contributed by atoms with E-state index in [0.717, 1.165) is 38.2 Å². The van der Waals surface area contributed by atoms with Gasteiger partial charge in [0.15, 0.2) is 0 Å². The monoisotopic (exact) mass is 423 g/mol. The molecule has 1 saturated heterocycles. The van der Waals surface area contributed by atoms with Gasteiger partial charge in [0, 0.05) is 53.9 Å². The molecule has 6 heteroatoms. The predicted molar refractivity (Wildman–Crippen MR) is 120 cm³/mol. The Morgan fingerprint density at radius 2 is 1.77 bits per heavy atom. The van der Waals surface area contributed by atoms with Crippen molar-refractivity contribution in [3.05, 3.63) is 87.9 Å². The molecule has 0 atom stereocenters. The minimum Gasteiger partial charge on any atom is -0.371 e. The van der Waals surface area contributed by atoms with E-state index in [4.69, 9.17) is 0 Å². The van der Waals surface area contributed by atoms with Crippen LogP contribution < -0.4 is 15.5 Å². The van der Waals surface area contributed by atoms with Crippen LogP contribution in [0, 0.1) is 5.82 Å². The third-order valence-corrected chi connectivity index (χ3v) is 6.41. The molecule has 1 amide bonds. The highest BCUT2D eigenvalue weighted by molar-refractivity contribution is 7.09. The largest absolute Gasteiger partial charge is 0.371 e. The van der Waals surface area contributed by atoms with E-state index in [1.807, 2.05) is 24.3 Å². The molecule has 0 radical (unpaired) electrons. The van der Waals surface area contributed by atoms with E-state index in [9.17, 15) is 9.18 Å². The Hall–Kier alpha value is -2.70. The second kappa shape index (κ2) is 9.87. The van der Waals surface area contributed by atoms with Crippen molar-refractivity contribution in [3.8, 4) is 0 Å². The Labute approximate surface area is 180 Å². The number of hydrogen-bond donors (Lipinski definition) is 2. The van der Waals surface area contributed by atoms with Gasteiger partial charge in [-0.25, -0.2) is 4.39 Å². The van der Waals surface area contributed by atoms with Gasteiger partial charge in [-0.3, -0.25) is 4.79 Å². The highest BCUT2D eigenvalue weighted by Gasteiger charge is 2.19. The van der Waals surface area contributed by atoms with E-state index in [-0.39, 0.29) is 18.3 Å². The molecule has 1 aromatic heterocycles. The summed E-state index contributed by atoms with van der Waals surface area (Å²) in [6.07, 6.45) is 2.21. The number of carbonyl (C=O) groups excluding carboxylic acids is 1. The van der Waals surface area contributed by atoms with E-state index in [1.54, 1.807) is 29.5 Å². The molecule has 30 heavy (non-hydrogen) atoms. The summed E-state index contributed by atoms with van der Waals surface area (Å²) in [6.45, 7) is 3.13. The summed E-state index contributed by atoms with van der Waals surface area (Å²) in [6, 6.07) is 19.0. The molecule has 0 bridgehead atoms. The molecular formula is C24H26FN3OS. The number of amides is 1. The van der Waals surface area contributed by atoms with Crippen molar-refractivity contribution >= 4 is 22.9 Å². The zero-order valence-corrected chi connectivity index (χ0v) is 17.6. The van der Waals surface area contributed by atoms with E-state index in [2.05, 4.69) is 33.0 Å². The first-order valence-electron chi connectivity index (χ1n) is 10.3. The lowest BCUT2D eigenvalue weighted by molar-refractivity contribution is 0.0950. The number of rotatable bonds is 7. The molecule has 0 saturated carbocycles. The van der Waals surface area contributed by atoms with Crippen LogP contribution in [-0.2, 0) is 13.1 Å². The topological polar surface area (TPSA) is 44.4 Å². The average Bonchev–Trinajstić information content (AvgIpc) is 3.31. The maximum absolute atomic E-state index is 13.7. The summed E-state index contributed by atoms with van der Waals surface area (Å²) in [5, 5.41) is 8.56. The van der Waals surface area contributed by atoms with Gasteiger partial charge in [0.05, 0.1) is 0 Å². The minimum atomic E-state index is -0.304. The Kier molecular flexibility index (Phi) is 6.77. The van der Waals surface area contributed by atoms with E-state index < -0.39 is 0 Å². The first-order valence-corrected chi connectivity index (χ1v) is 11.2. The van der Waals surface area contributed by atoms with Crippen LogP contribution in [-0.4, -0.2) is 25.0 Å². The molecule has 2 heterocycles. The summed E-state index contributed by atoms with van der Waals surface area (Å²) in [5.74, 6) is -0.497. The molecule has 2 N–H and O–H groups in total. The fraction of sp³-hybridized carbons (Fsp3) is 0.292. The van der Waals surface area contributed by atoms with Gasteiger partial charge >= 0.3 is 0 Å². The Morgan fingerprint density at radius 3 is 2.47 bits per heavy atom. The smallest absolute Gasteiger partial charge is 0.251 e. The second-order valence-corrected chi connectivity index (χ2v) is 8.57. The Balaban J connectivity index is 1.25. The van der Waals surface area contributed by atoms with Crippen LogP contribution in [0.3, 0.4) is 0 Å². The third-order valence-electron chi connectivity index (χ3n) is 5.53. The van der Waals surface area contributed by atoms with Crippen LogP contribution in [0.2, 0.25) is 0 Å². The first-order chi connectivity index (χ1) is 14.7. The van der Waals surface area contributed by atoms with Gasteiger partial charge in [-0.05, 0) is 54.6 Å². The van der Waals surface area contributed by atoms with Crippen LogP contribution in [0.1, 0.15) is 33.6 Å². The zero-order valence-electron chi connectivity index (χ0n) is 16.8. The van der Waals surface area contributed by atoms with Gasteiger partial charge in [-0.1, -0.05) is 24.3 Å². The number of nitrogens with zero attached hydrogens (tertiary/aromatic N) is 1. The molecule has 4 rings (SSSR count). The molecule has 0 unspecified atom stereocenters. The Bertz CT molecular complexity index is 951. The number of halogens is 1. The molecule has 1 aliphatic rings. The minimum absolute atomic E-state index is 0.180. The highest BCUT2D eigenvalue weighted by Crippen LogP contribution is 2.21. The number of carbonyl (C=O) groups is 1. The van der Waals surface area contributed by atoms with Gasteiger partial charge in [0.2, 0.25) is 0 Å². The maximum Gasteiger partial charge on any atom is 0.251 e. The summed E-state index contributed by atoms with van der Waals surface area (Å²) in [7, 11) is 0. The molecule has 0 aliphatic carbocycles. The second-order valence-electron chi connectivity index (χ2n) is 7.54. The van der Waals surface area contributed by atoms with Gasteiger partial charge in [-0.2, -0.15) is 0 Å². The van der Waals surface area contributed by atoms with E-state index in [1.165, 1.54) is 10.9 Å². The molecule has 156 valence electrons. The quantitative estimate of drug-likeness (QED) is 0.585. The lowest BCUT2D eigenvalue weighted by atomic mass is 10.0. The summed E-state index contributed by atoms with van der Waals surface area (Å²) >= 11 is 1.79. The molecule has 1 aliphatic heterocycles. The fourth-order valence-electron chi connectivity index (χ4n) is 3.74. The lowest BCUT2D eigenvalue weighted by Gasteiger charge is -2.34. The summed E-state index contributed by atoms with van der Waals surface area (Å²) in [4.78, 5) is 16.1. The fourth-order valence-corrected chi connectivity index (χ4v) is 4.40. The first kappa shape index (κ1) is 20.6. The zero-order chi connectivity index (χ0) is 20.8. The highest BCUT2D eigenvalue weighted by atomic mass is 32.1. The van der Waals surface area contributed by atoms with Gasteiger partial charge in [0.25, 0.3) is 5.91 Å². The van der Waals surface area contributed by atoms with E-state index >= 15 is 0 Å². The van der Waals surface area contributed by atoms with Crippen molar-refractivity contribution in [2.24, 2.45) is 0 Å². The van der Waals surface area contributed by atoms with Crippen LogP contribution in [0.15, 0.2) is 66.0 Å². The molecule has 4 nitrogen and oxygen atoms in total. The standard InChI is InChI=1S/C24H26FN3OS/c25-23-6-2-1-4-19(23)16-27-24(29)18-7-9-21(10-8-18)28-13-11-20(12-14-28)26-17-22-5-3-15-30-22/h1-10,15,20,26H,11-14,16-17H2,(H,27,29). The van der Waals surface area contributed by atoms with Gasteiger partial charge in [-0.15, -0.1) is 11.3 Å². The third kappa shape index (κ3) is 5.26. The van der Waals surface area contributed by atoms with Crippen molar-refractivity contribution in [1.82, 2.24) is 10.6 Å². The molecule has 3 aromatic rings. The van der Waals surface area contributed by atoms with Gasteiger partial charge < -0.3 is 15.5 Å². The van der Waals surface area contributed by atoms with Crippen LogP contribution in [0.25, 0.3) is 0 Å². The molecule has 1 fully saturated rings. The van der Waals surface area contributed by atoms with Crippen molar-refractivity contribution < 1.29 is 9.18 Å². The van der Waals surface area contributed by atoms with Crippen molar-refractivity contribution in [2.75, 3.05) is 18.0 Å². The summed E-state index contributed by atoms with van der Waals surface area (Å²) in [5.41, 5.74) is 2.21. The summed E-state index contributed by atoms with van der Waals surface area (Å²) < 4.78 is 13.7. The number of hydrogen-bond acceptors (Lipinski definition) is 4. The lowest BCUT2D eigenvalue weighted by Crippen LogP contribution is -2.42. The van der Waals surface area contributed by atoms with E-state index in [0.29, 0.717) is 17.2 Å². The van der Waals surface area contributed by atoms with Gasteiger partial charge in [0.1, 0.15) is 5.82 Å². The van der Waals surface area contributed by atoms with Crippen LogP contribution in [0.5, 0.6) is 0 Å². The SMILES string of the molecule is O=C(NCc1ccccc1F)c1ccc(N2CCC(NCc3cccs3)CC2)cc1. The maximum atomic E-state index is 13.7. The number of piperidine rings is 1. The van der Waals surface area contributed by atoms with Crippen LogP contribution >= 0.6 is 11.3 Å². The number of anilines is 1. The number of thiophene rings is 1. The van der Waals surface area contributed by atoms with Crippen LogP contribution in [0.4, 0.5) is 10.1 Å². The molecule has 2 aromatic carbocycles. The predicted octanol–water partition coefficient (Wildman–Crippen LogP) is 4.58.